The van der Waals surface area contributed by atoms with Gasteiger partial charge in [0, 0.05) is 18.5 Å². The average Bonchev–Trinajstić information content (AvgIpc) is 2.88. The Morgan fingerprint density at radius 2 is 2.25 bits per heavy atom. The summed E-state index contributed by atoms with van der Waals surface area (Å²) in [5.41, 5.74) is 0.649. The van der Waals surface area contributed by atoms with E-state index in [2.05, 4.69) is 9.72 Å². The fourth-order valence-corrected chi connectivity index (χ4v) is 1.97. The maximum atomic E-state index is 12.9. The molecule has 4 nitrogen and oxygen atoms in total. The number of pyridine rings is 1. The Morgan fingerprint density at radius 3 is 2.75 bits per heavy atom. The number of esters is 1. The molecule has 0 radical (unpaired) electrons. The van der Waals surface area contributed by atoms with Crippen molar-refractivity contribution in [2.24, 2.45) is 0 Å². The molecule has 0 bridgehead atoms. The number of hydrogen-bond donors (Lipinski definition) is 0. The van der Waals surface area contributed by atoms with E-state index >= 15 is 0 Å². The lowest BCUT2D eigenvalue weighted by atomic mass is 10.1. The topological polar surface area (TPSA) is 48.4 Å². The van der Waals surface area contributed by atoms with E-state index in [4.69, 9.17) is 4.74 Å². The lowest BCUT2D eigenvalue weighted by Crippen LogP contribution is -2.43. The molecule has 0 unspecified atom stereocenters. The second kappa shape index (κ2) is 5.78. The molecule has 1 aliphatic heterocycles. The van der Waals surface area contributed by atoms with E-state index in [9.17, 15) is 18.0 Å². The Labute approximate surface area is 113 Å². The van der Waals surface area contributed by atoms with Crippen LogP contribution in [-0.2, 0) is 9.47 Å². The molecule has 0 amide bonds. The molecule has 20 heavy (non-hydrogen) atoms. The maximum absolute atomic E-state index is 12.9. The summed E-state index contributed by atoms with van der Waals surface area (Å²) in [6.45, 7) is 1.96. The summed E-state index contributed by atoms with van der Waals surface area (Å²) in [6.07, 6.45) is -6.07. The van der Waals surface area contributed by atoms with Gasteiger partial charge in [-0.25, -0.2) is 4.79 Å². The van der Waals surface area contributed by atoms with E-state index in [0.29, 0.717) is 12.1 Å². The third-order valence-corrected chi connectivity index (χ3v) is 3.01. The monoisotopic (exact) mass is 289 g/mol. The molecule has 1 fully saturated rings. The summed E-state index contributed by atoms with van der Waals surface area (Å²) in [5, 5.41) is 0. The van der Waals surface area contributed by atoms with Gasteiger partial charge in [-0.2, -0.15) is 13.2 Å². The van der Waals surface area contributed by atoms with Crippen LogP contribution in [0.15, 0.2) is 18.3 Å². The highest BCUT2D eigenvalue weighted by Gasteiger charge is 2.49. The minimum absolute atomic E-state index is 0.0113. The highest BCUT2D eigenvalue weighted by molar-refractivity contribution is 5.89. The lowest BCUT2D eigenvalue weighted by Gasteiger charge is -2.25. The van der Waals surface area contributed by atoms with Crippen LogP contribution in [-0.4, -0.2) is 35.9 Å². The number of ether oxygens (including phenoxy) is 2. The quantitative estimate of drug-likeness (QED) is 0.803. The number of rotatable bonds is 3. The van der Waals surface area contributed by atoms with Crippen LogP contribution in [0.4, 0.5) is 13.2 Å². The molecule has 0 aliphatic carbocycles. The van der Waals surface area contributed by atoms with E-state index in [-0.39, 0.29) is 18.6 Å². The largest absolute Gasteiger partial charge is 0.446 e. The van der Waals surface area contributed by atoms with Crippen molar-refractivity contribution in [1.29, 1.82) is 0 Å². The van der Waals surface area contributed by atoms with Crippen molar-refractivity contribution in [3.63, 3.8) is 0 Å². The summed E-state index contributed by atoms with van der Waals surface area (Å²) in [7, 11) is 0. The Balaban J connectivity index is 2.11. The Morgan fingerprint density at radius 1 is 1.50 bits per heavy atom. The van der Waals surface area contributed by atoms with Crippen LogP contribution >= 0.6 is 0 Å². The van der Waals surface area contributed by atoms with Gasteiger partial charge in [-0.15, -0.1) is 0 Å². The van der Waals surface area contributed by atoms with Gasteiger partial charge < -0.3 is 9.47 Å². The number of alkyl halides is 3. The summed E-state index contributed by atoms with van der Waals surface area (Å²) in [4.78, 5) is 15.6. The van der Waals surface area contributed by atoms with Crippen LogP contribution in [0.2, 0.25) is 0 Å². The molecule has 1 saturated heterocycles. The highest BCUT2D eigenvalue weighted by atomic mass is 19.4. The smallest absolute Gasteiger partial charge is 0.428 e. The number of hydrogen-bond acceptors (Lipinski definition) is 4. The molecule has 1 aromatic heterocycles. The van der Waals surface area contributed by atoms with Crippen molar-refractivity contribution in [3.8, 4) is 0 Å². The van der Waals surface area contributed by atoms with Gasteiger partial charge in [0.25, 0.3) is 0 Å². The first-order valence-corrected chi connectivity index (χ1v) is 6.20. The number of halogens is 3. The van der Waals surface area contributed by atoms with Crippen LogP contribution in [0.3, 0.4) is 0 Å². The molecular formula is C13H14F3NO3. The van der Waals surface area contributed by atoms with Crippen LogP contribution in [0.5, 0.6) is 0 Å². The van der Waals surface area contributed by atoms with Crippen molar-refractivity contribution in [1.82, 2.24) is 4.98 Å². The van der Waals surface area contributed by atoms with Crippen LogP contribution < -0.4 is 0 Å². The second-order valence-corrected chi connectivity index (χ2v) is 4.61. The fraction of sp³-hybridized carbons (Fsp3) is 0.538. The van der Waals surface area contributed by atoms with Gasteiger partial charge in [-0.1, -0.05) is 0 Å². The second-order valence-electron chi connectivity index (χ2n) is 4.61. The van der Waals surface area contributed by atoms with Crippen LogP contribution in [0.25, 0.3) is 0 Å². The number of nitrogens with zero attached hydrogens (tertiary/aromatic N) is 1. The van der Waals surface area contributed by atoms with Crippen molar-refractivity contribution in [2.45, 2.75) is 38.1 Å². The van der Waals surface area contributed by atoms with Crippen LogP contribution in [0.1, 0.15) is 28.9 Å². The van der Waals surface area contributed by atoms with E-state index in [1.165, 1.54) is 18.3 Å². The van der Waals surface area contributed by atoms with Gasteiger partial charge in [-0.05, 0) is 31.9 Å². The van der Waals surface area contributed by atoms with Gasteiger partial charge >= 0.3 is 12.1 Å². The van der Waals surface area contributed by atoms with E-state index in [1.807, 2.05) is 0 Å². The Hall–Kier alpha value is -1.63. The lowest BCUT2D eigenvalue weighted by molar-refractivity contribution is -0.230. The molecule has 1 aromatic rings. The van der Waals surface area contributed by atoms with Crippen molar-refractivity contribution >= 4 is 5.97 Å². The molecular weight excluding hydrogens is 275 g/mol. The Kier molecular flexibility index (Phi) is 4.27. The maximum Gasteiger partial charge on any atom is 0.428 e. The minimum atomic E-state index is -4.65. The molecule has 2 heterocycles. The van der Waals surface area contributed by atoms with Gasteiger partial charge in [0.15, 0.2) is 0 Å². The summed E-state index contributed by atoms with van der Waals surface area (Å²) < 4.78 is 48.4. The van der Waals surface area contributed by atoms with Gasteiger partial charge in [0.05, 0.1) is 5.56 Å². The van der Waals surface area contributed by atoms with Crippen molar-refractivity contribution < 1.29 is 27.4 Å². The fourth-order valence-electron chi connectivity index (χ4n) is 1.97. The SMILES string of the molecule is Cc1ccc(C(=O)O[C@@H]([C@@H]2CCCO2)C(F)(F)F)cn1. The van der Waals surface area contributed by atoms with E-state index in [1.54, 1.807) is 6.92 Å². The van der Waals surface area contributed by atoms with Crippen LogP contribution in [0, 0.1) is 6.92 Å². The van der Waals surface area contributed by atoms with E-state index < -0.39 is 24.4 Å². The standard InChI is InChI=1S/C13H14F3NO3/c1-8-4-5-9(7-17-8)12(18)20-11(13(14,15)16)10-3-2-6-19-10/h4-5,7,10-11H,2-3,6H2,1H3/t10-,11-/m0/s1. The van der Waals surface area contributed by atoms with Crippen molar-refractivity contribution in [3.05, 3.63) is 29.6 Å². The first-order chi connectivity index (χ1) is 9.38. The average molecular weight is 289 g/mol. The van der Waals surface area contributed by atoms with Gasteiger partial charge in [-0.3, -0.25) is 4.98 Å². The molecule has 0 aromatic carbocycles. The van der Waals surface area contributed by atoms with Crippen molar-refractivity contribution in [2.75, 3.05) is 6.61 Å². The summed E-state index contributed by atoms with van der Waals surface area (Å²) in [5.74, 6) is -1.05. The molecule has 1 aliphatic rings. The third kappa shape index (κ3) is 3.47. The Bertz CT molecular complexity index is 467. The molecule has 0 saturated carbocycles. The first kappa shape index (κ1) is 14.8. The number of aryl methyl sites for hydroxylation is 1. The predicted molar refractivity (Wildman–Crippen MR) is 63.2 cm³/mol. The molecule has 7 heteroatoms. The third-order valence-electron chi connectivity index (χ3n) is 3.01. The van der Waals surface area contributed by atoms with Gasteiger partial charge in [0.1, 0.15) is 6.10 Å². The predicted octanol–water partition coefficient (Wildman–Crippen LogP) is 2.66. The molecule has 2 atom stereocenters. The number of aromatic nitrogens is 1. The van der Waals surface area contributed by atoms with E-state index in [0.717, 1.165) is 0 Å². The molecule has 110 valence electrons. The minimum Gasteiger partial charge on any atom is -0.446 e. The summed E-state index contributed by atoms with van der Waals surface area (Å²) >= 11 is 0. The number of carbonyl (C=O) groups excluding carboxylic acids is 1. The summed E-state index contributed by atoms with van der Waals surface area (Å²) in [6, 6.07) is 2.92. The zero-order valence-electron chi connectivity index (χ0n) is 10.8. The van der Waals surface area contributed by atoms with Gasteiger partial charge in [0.2, 0.25) is 6.10 Å². The normalized spacial score (nSPS) is 20.7. The molecule has 2 rings (SSSR count). The number of carbonyl (C=O) groups is 1. The molecule has 0 spiro atoms. The zero-order valence-corrected chi connectivity index (χ0v) is 10.8. The zero-order chi connectivity index (χ0) is 14.8. The first-order valence-electron chi connectivity index (χ1n) is 6.20. The molecule has 0 N–H and O–H groups in total. The highest BCUT2D eigenvalue weighted by Crippen LogP contribution is 2.31.